The van der Waals surface area contributed by atoms with Crippen molar-refractivity contribution in [1.82, 2.24) is 0 Å². The fourth-order valence-electron chi connectivity index (χ4n) is 2.47. The Labute approximate surface area is 132 Å². The van der Waals surface area contributed by atoms with Gasteiger partial charge in [0.15, 0.2) is 0 Å². The monoisotopic (exact) mass is 327 g/mol. The number of fused-ring (bicyclic) bond motifs is 1. The molecule has 0 aromatic heterocycles. The predicted octanol–water partition coefficient (Wildman–Crippen LogP) is 5.17. The van der Waals surface area contributed by atoms with Gasteiger partial charge in [0, 0.05) is 38.7 Å². The zero-order valence-electron chi connectivity index (χ0n) is 10.4. The highest BCUT2D eigenvalue weighted by atomic mass is 35.5. The Morgan fingerprint density at radius 2 is 1.75 bits per heavy atom. The molecule has 3 rings (SSSR count). The molecule has 0 amide bonds. The average Bonchev–Trinajstić information content (AvgIpc) is 2.39. The van der Waals surface area contributed by atoms with Gasteiger partial charge in [-0.25, -0.2) is 0 Å². The molecule has 0 radical (unpaired) electrons. The Bertz CT molecular complexity index is 639. The molecule has 104 valence electrons. The Kier molecular flexibility index (Phi) is 3.83. The van der Waals surface area contributed by atoms with Crippen LogP contribution in [0, 0.1) is 0 Å². The van der Waals surface area contributed by atoms with Gasteiger partial charge < -0.3 is 10.5 Å². The van der Waals surface area contributed by atoms with E-state index in [1.165, 1.54) is 0 Å². The van der Waals surface area contributed by atoms with E-state index in [1.807, 2.05) is 18.2 Å². The standard InChI is InChI=1S/C15H12Cl3NO/c16-8-4-5-13-9(6-8)12(19)7-14(20-13)15-10(17)2-1-3-11(15)18/h1-6,12,14H,7,19H2/t12-,14?/m0/s1. The number of hydrogen-bond donors (Lipinski definition) is 1. The molecule has 0 aliphatic carbocycles. The van der Waals surface area contributed by atoms with Crippen LogP contribution in [0.15, 0.2) is 36.4 Å². The van der Waals surface area contributed by atoms with E-state index in [2.05, 4.69) is 0 Å². The van der Waals surface area contributed by atoms with Crippen LogP contribution in [-0.2, 0) is 0 Å². The molecule has 2 atom stereocenters. The number of halogens is 3. The minimum atomic E-state index is -0.250. The summed E-state index contributed by atoms with van der Waals surface area (Å²) in [6, 6.07) is 10.7. The minimum absolute atomic E-state index is 0.158. The van der Waals surface area contributed by atoms with Gasteiger partial charge in [0.05, 0.1) is 0 Å². The van der Waals surface area contributed by atoms with Crippen LogP contribution in [0.4, 0.5) is 0 Å². The first-order valence-electron chi connectivity index (χ1n) is 6.22. The van der Waals surface area contributed by atoms with Crippen molar-refractivity contribution >= 4 is 34.8 Å². The number of ether oxygens (including phenoxy) is 1. The molecule has 0 spiro atoms. The lowest BCUT2D eigenvalue weighted by Gasteiger charge is -2.31. The van der Waals surface area contributed by atoms with Crippen molar-refractivity contribution in [2.24, 2.45) is 5.73 Å². The summed E-state index contributed by atoms with van der Waals surface area (Å²) in [5.41, 5.74) is 7.92. The van der Waals surface area contributed by atoms with Crippen molar-refractivity contribution < 1.29 is 4.74 Å². The second kappa shape index (κ2) is 5.45. The molecule has 0 fully saturated rings. The molecule has 1 heterocycles. The topological polar surface area (TPSA) is 35.2 Å². The third kappa shape index (κ3) is 2.49. The van der Waals surface area contributed by atoms with Crippen molar-refractivity contribution in [3.05, 3.63) is 62.6 Å². The highest BCUT2D eigenvalue weighted by Gasteiger charge is 2.29. The molecule has 1 unspecified atom stereocenters. The second-order valence-corrected chi connectivity index (χ2v) is 6.02. The molecule has 20 heavy (non-hydrogen) atoms. The smallest absolute Gasteiger partial charge is 0.128 e. The summed E-state index contributed by atoms with van der Waals surface area (Å²) >= 11 is 18.5. The fraction of sp³-hybridized carbons (Fsp3) is 0.200. The molecule has 2 aromatic rings. The van der Waals surface area contributed by atoms with E-state index in [-0.39, 0.29) is 12.1 Å². The molecule has 0 saturated carbocycles. The van der Waals surface area contributed by atoms with Crippen LogP contribution in [-0.4, -0.2) is 0 Å². The van der Waals surface area contributed by atoms with Crippen LogP contribution in [0.25, 0.3) is 0 Å². The van der Waals surface area contributed by atoms with Gasteiger partial charge in [0.1, 0.15) is 11.9 Å². The maximum absolute atomic E-state index is 6.24. The quantitative estimate of drug-likeness (QED) is 0.783. The first kappa shape index (κ1) is 14.0. The Morgan fingerprint density at radius 1 is 1.05 bits per heavy atom. The van der Waals surface area contributed by atoms with Crippen molar-refractivity contribution in [2.75, 3.05) is 0 Å². The van der Waals surface area contributed by atoms with Crippen LogP contribution in [0.1, 0.15) is 29.7 Å². The van der Waals surface area contributed by atoms with Gasteiger partial charge in [-0.1, -0.05) is 40.9 Å². The van der Waals surface area contributed by atoms with E-state index in [9.17, 15) is 0 Å². The van der Waals surface area contributed by atoms with E-state index >= 15 is 0 Å². The molecule has 2 nitrogen and oxygen atoms in total. The van der Waals surface area contributed by atoms with Gasteiger partial charge >= 0.3 is 0 Å². The maximum Gasteiger partial charge on any atom is 0.128 e. The van der Waals surface area contributed by atoms with Gasteiger partial charge in [0.2, 0.25) is 0 Å². The van der Waals surface area contributed by atoms with Gasteiger partial charge in [-0.2, -0.15) is 0 Å². The average molecular weight is 329 g/mol. The van der Waals surface area contributed by atoms with Gasteiger partial charge in [0.25, 0.3) is 0 Å². The zero-order valence-corrected chi connectivity index (χ0v) is 12.7. The first-order chi connectivity index (χ1) is 9.56. The molecule has 1 aliphatic rings. The van der Waals surface area contributed by atoms with Crippen LogP contribution in [0.3, 0.4) is 0 Å². The number of rotatable bonds is 1. The van der Waals surface area contributed by atoms with Gasteiger partial charge in [-0.15, -0.1) is 0 Å². The number of nitrogens with two attached hydrogens (primary N) is 1. The molecule has 5 heteroatoms. The van der Waals surface area contributed by atoms with Crippen LogP contribution < -0.4 is 10.5 Å². The molecular weight excluding hydrogens is 317 g/mol. The molecule has 0 saturated heterocycles. The lowest BCUT2D eigenvalue weighted by molar-refractivity contribution is 0.162. The van der Waals surface area contributed by atoms with Crippen molar-refractivity contribution in [3.8, 4) is 5.75 Å². The summed E-state index contributed by atoms with van der Waals surface area (Å²) in [5, 5.41) is 1.83. The van der Waals surface area contributed by atoms with Gasteiger partial charge in [-0.05, 0) is 30.3 Å². The molecular formula is C15H12Cl3NO. The van der Waals surface area contributed by atoms with Crippen molar-refractivity contribution in [3.63, 3.8) is 0 Å². The number of benzene rings is 2. The van der Waals surface area contributed by atoms with E-state index in [0.717, 1.165) is 16.9 Å². The second-order valence-electron chi connectivity index (χ2n) is 4.77. The molecule has 1 aliphatic heterocycles. The summed E-state index contributed by atoms with van der Waals surface area (Å²) in [5.74, 6) is 0.731. The summed E-state index contributed by atoms with van der Waals surface area (Å²) in [6.07, 6.45) is 0.358. The largest absolute Gasteiger partial charge is 0.485 e. The molecule has 2 aromatic carbocycles. The van der Waals surface area contributed by atoms with Crippen LogP contribution in [0.2, 0.25) is 15.1 Å². The van der Waals surface area contributed by atoms with E-state index < -0.39 is 0 Å². The Balaban J connectivity index is 2.01. The normalized spacial score (nSPS) is 21.2. The number of hydrogen-bond acceptors (Lipinski definition) is 2. The SMILES string of the molecule is N[C@H]1CC(c2c(Cl)cccc2Cl)Oc2ccc(Cl)cc21. The summed E-state index contributed by atoms with van der Waals surface area (Å²) < 4.78 is 6.00. The molecule has 2 N–H and O–H groups in total. The fourth-order valence-corrected chi connectivity index (χ4v) is 3.29. The minimum Gasteiger partial charge on any atom is -0.485 e. The third-order valence-corrected chi connectivity index (χ3v) is 4.32. The third-order valence-electron chi connectivity index (χ3n) is 3.43. The van der Waals surface area contributed by atoms with Crippen LogP contribution >= 0.6 is 34.8 Å². The van der Waals surface area contributed by atoms with Crippen molar-refractivity contribution in [1.29, 1.82) is 0 Å². The van der Waals surface area contributed by atoms with E-state index in [0.29, 0.717) is 21.5 Å². The van der Waals surface area contributed by atoms with Crippen molar-refractivity contribution in [2.45, 2.75) is 18.6 Å². The summed E-state index contributed by atoms with van der Waals surface area (Å²) in [7, 11) is 0. The lowest BCUT2D eigenvalue weighted by atomic mass is 9.93. The maximum atomic E-state index is 6.24. The highest BCUT2D eigenvalue weighted by molar-refractivity contribution is 6.36. The van der Waals surface area contributed by atoms with E-state index in [1.54, 1.807) is 18.2 Å². The first-order valence-corrected chi connectivity index (χ1v) is 7.35. The Hall–Kier alpha value is -0.930. The summed E-state index contributed by atoms with van der Waals surface area (Å²) in [6.45, 7) is 0. The Morgan fingerprint density at radius 3 is 2.45 bits per heavy atom. The van der Waals surface area contributed by atoms with Crippen LogP contribution in [0.5, 0.6) is 5.75 Å². The molecule has 0 bridgehead atoms. The zero-order chi connectivity index (χ0) is 14.3. The lowest BCUT2D eigenvalue weighted by Crippen LogP contribution is -2.24. The van der Waals surface area contributed by atoms with Gasteiger partial charge in [-0.3, -0.25) is 0 Å². The summed E-state index contributed by atoms with van der Waals surface area (Å²) in [4.78, 5) is 0. The van der Waals surface area contributed by atoms with E-state index in [4.69, 9.17) is 45.3 Å². The predicted molar refractivity (Wildman–Crippen MR) is 82.8 cm³/mol. The highest BCUT2D eigenvalue weighted by Crippen LogP contribution is 2.44.